The SMILES string of the molecule is CN=C(NCCOc1ccccc1)NCC(C(C)C)N1CCN(C)CC1.I. The molecular weight excluding hydrogens is 453 g/mol. The summed E-state index contributed by atoms with van der Waals surface area (Å²) in [7, 11) is 4.01. The zero-order valence-electron chi connectivity index (χ0n) is 17.1. The molecule has 154 valence electrons. The van der Waals surface area contributed by atoms with E-state index in [4.69, 9.17) is 4.74 Å². The molecule has 1 aromatic carbocycles. The summed E-state index contributed by atoms with van der Waals surface area (Å²) in [6.07, 6.45) is 0. The van der Waals surface area contributed by atoms with E-state index in [0.29, 0.717) is 18.6 Å². The molecule has 0 spiro atoms. The van der Waals surface area contributed by atoms with Gasteiger partial charge in [-0.05, 0) is 25.1 Å². The Hall–Kier alpha value is -1.06. The second-order valence-corrected chi connectivity index (χ2v) is 7.19. The van der Waals surface area contributed by atoms with Crippen LogP contribution in [0.15, 0.2) is 35.3 Å². The lowest BCUT2D eigenvalue weighted by atomic mass is 10.0. The molecule has 1 heterocycles. The number of nitrogens with one attached hydrogen (secondary N) is 2. The number of rotatable bonds is 8. The average molecular weight is 489 g/mol. The lowest BCUT2D eigenvalue weighted by Gasteiger charge is -2.40. The predicted octanol–water partition coefficient (Wildman–Crippen LogP) is 2.12. The topological polar surface area (TPSA) is 52.1 Å². The molecule has 0 amide bonds. The van der Waals surface area contributed by atoms with Gasteiger partial charge in [0.05, 0.1) is 6.54 Å². The molecule has 0 radical (unpaired) electrons. The molecule has 1 aliphatic heterocycles. The molecule has 0 aromatic heterocycles. The third kappa shape index (κ3) is 8.66. The van der Waals surface area contributed by atoms with Gasteiger partial charge in [-0.15, -0.1) is 24.0 Å². The van der Waals surface area contributed by atoms with Gasteiger partial charge in [0.15, 0.2) is 5.96 Å². The molecule has 1 fully saturated rings. The fraction of sp³-hybridized carbons (Fsp3) is 0.650. The van der Waals surface area contributed by atoms with Crippen molar-refractivity contribution in [3.63, 3.8) is 0 Å². The minimum Gasteiger partial charge on any atom is -0.492 e. The number of hydrogen-bond donors (Lipinski definition) is 2. The van der Waals surface area contributed by atoms with Crippen molar-refractivity contribution in [2.24, 2.45) is 10.9 Å². The van der Waals surface area contributed by atoms with Gasteiger partial charge in [-0.1, -0.05) is 32.0 Å². The van der Waals surface area contributed by atoms with Crippen LogP contribution in [-0.2, 0) is 0 Å². The molecule has 0 aliphatic carbocycles. The number of benzene rings is 1. The number of ether oxygens (including phenoxy) is 1. The van der Waals surface area contributed by atoms with Crippen LogP contribution < -0.4 is 15.4 Å². The summed E-state index contributed by atoms with van der Waals surface area (Å²) in [6, 6.07) is 10.4. The number of guanidine groups is 1. The van der Waals surface area contributed by atoms with E-state index >= 15 is 0 Å². The van der Waals surface area contributed by atoms with Crippen molar-refractivity contribution in [2.45, 2.75) is 19.9 Å². The highest BCUT2D eigenvalue weighted by molar-refractivity contribution is 14.0. The van der Waals surface area contributed by atoms with Crippen molar-refractivity contribution in [2.75, 3.05) is 60.0 Å². The molecule has 1 aliphatic rings. The number of likely N-dealkylation sites (N-methyl/N-ethyl adjacent to an activating group) is 1. The highest BCUT2D eigenvalue weighted by atomic mass is 127. The lowest BCUT2D eigenvalue weighted by molar-refractivity contribution is 0.0900. The number of nitrogens with zero attached hydrogens (tertiary/aromatic N) is 3. The number of para-hydroxylation sites is 1. The van der Waals surface area contributed by atoms with Crippen LogP contribution in [-0.4, -0.2) is 81.8 Å². The molecule has 1 atom stereocenters. The minimum absolute atomic E-state index is 0. The van der Waals surface area contributed by atoms with E-state index in [1.807, 2.05) is 37.4 Å². The smallest absolute Gasteiger partial charge is 0.191 e. The first-order valence-corrected chi connectivity index (χ1v) is 9.65. The van der Waals surface area contributed by atoms with Crippen molar-refractivity contribution in [1.82, 2.24) is 20.4 Å². The number of hydrogen-bond acceptors (Lipinski definition) is 4. The van der Waals surface area contributed by atoms with Crippen LogP contribution in [0.3, 0.4) is 0 Å². The third-order valence-electron chi connectivity index (χ3n) is 4.89. The second kappa shape index (κ2) is 13.2. The highest BCUT2D eigenvalue weighted by Crippen LogP contribution is 2.12. The predicted molar refractivity (Wildman–Crippen MR) is 124 cm³/mol. The number of piperazine rings is 1. The summed E-state index contributed by atoms with van der Waals surface area (Å²) in [5, 5.41) is 6.82. The lowest BCUT2D eigenvalue weighted by Crippen LogP contribution is -2.55. The highest BCUT2D eigenvalue weighted by Gasteiger charge is 2.24. The molecular formula is C20H36IN5O. The van der Waals surface area contributed by atoms with Crippen LogP contribution in [0.2, 0.25) is 0 Å². The molecule has 1 unspecified atom stereocenters. The Morgan fingerprint density at radius 1 is 1.11 bits per heavy atom. The van der Waals surface area contributed by atoms with E-state index in [2.05, 4.69) is 46.3 Å². The first-order chi connectivity index (χ1) is 12.6. The van der Waals surface area contributed by atoms with Crippen molar-refractivity contribution in [1.29, 1.82) is 0 Å². The third-order valence-corrected chi connectivity index (χ3v) is 4.89. The zero-order valence-corrected chi connectivity index (χ0v) is 19.5. The number of aliphatic imine (C=N–C) groups is 1. The Balaban J connectivity index is 0.00000364. The molecule has 1 saturated heterocycles. The van der Waals surface area contributed by atoms with Gasteiger partial charge in [-0.25, -0.2) is 0 Å². The van der Waals surface area contributed by atoms with Gasteiger partial charge in [0.2, 0.25) is 0 Å². The van der Waals surface area contributed by atoms with Gasteiger partial charge in [0.1, 0.15) is 12.4 Å². The monoisotopic (exact) mass is 489 g/mol. The van der Waals surface area contributed by atoms with Crippen molar-refractivity contribution >= 4 is 29.9 Å². The molecule has 2 N–H and O–H groups in total. The average Bonchev–Trinajstić information content (AvgIpc) is 2.65. The molecule has 2 rings (SSSR count). The van der Waals surface area contributed by atoms with Crippen molar-refractivity contribution < 1.29 is 4.74 Å². The van der Waals surface area contributed by atoms with E-state index in [1.54, 1.807) is 0 Å². The van der Waals surface area contributed by atoms with E-state index in [1.165, 1.54) is 0 Å². The molecule has 27 heavy (non-hydrogen) atoms. The van der Waals surface area contributed by atoms with Crippen LogP contribution >= 0.6 is 24.0 Å². The van der Waals surface area contributed by atoms with Crippen LogP contribution in [0.1, 0.15) is 13.8 Å². The Morgan fingerprint density at radius 3 is 2.37 bits per heavy atom. The maximum absolute atomic E-state index is 5.71. The first kappa shape index (κ1) is 24.0. The van der Waals surface area contributed by atoms with Gasteiger partial charge >= 0.3 is 0 Å². The summed E-state index contributed by atoms with van der Waals surface area (Å²) in [4.78, 5) is 9.33. The fourth-order valence-electron chi connectivity index (χ4n) is 3.22. The first-order valence-electron chi connectivity index (χ1n) is 9.65. The van der Waals surface area contributed by atoms with Crippen LogP contribution in [0.4, 0.5) is 0 Å². The summed E-state index contributed by atoms with van der Waals surface area (Å²) < 4.78 is 5.71. The molecule has 1 aromatic rings. The molecule has 0 saturated carbocycles. The molecule has 0 bridgehead atoms. The van der Waals surface area contributed by atoms with Gasteiger partial charge in [0, 0.05) is 45.8 Å². The van der Waals surface area contributed by atoms with E-state index in [0.717, 1.165) is 51.0 Å². The van der Waals surface area contributed by atoms with Gasteiger partial charge < -0.3 is 20.3 Å². The minimum atomic E-state index is 0. The molecule has 7 heteroatoms. The van der Waals surface area contributed by atoms with E-state index in [9.17, 15) is 0 Å². The van der Waals surface area contributed by atoms with Crippen LogP contribution in [0.5, 0.6) is 5.75 Å². The maximum Gasteiger partial charge on any atom is 0.191 e. The van der Waals surface area contributed by atoms with Crippen molar-refractivity contribution in [3.05, 3.63) is 30.3 Å². The fourth-order valence-corrected chi connectivity index (χ4v) is 3.22. The normalized spacial score (nSPS) is 17.3. The van der Waals surface area contributed by atoms with Crippen LogP contribution in [0.25, 0.3) is 0 Å². The Labute approximate surface area is 181 Å². The Kier molecular flexibility index (Phi) is 11.7. The zero-order chi connectivity index (χ0) is 18.8. The quantitative estimate of drug-likeness (QED) is 0.254. The van der Waals surface area contributed by atoms with Crippen molar-refractivity contribution in [3.8, 4) is 5.75 Å². The largest absolute Gasteiger partial charge is 0.492 e. The van der Waals surface area contributed by atoms with E-state index < -0.39 is 0 Å². The summed E-state index contributed by atoms with van der Waals surface area (Å²) in [6.45, 7) is 11.4. The van der Waals surface area contributed by atoms with Gasteiger partial charge in [-0.2, -0.15) is 0 Å². The van der Waals surface area contributed by atoms with Gasteiger partial charge in [0.25, 0.3) is 0 Å². The standard InChI is InChI=1S/C20H35N5O.HI/c1-17(2)19(25-13-11-24(4)12-14-25)16-23-20(21-3)22-10-15-26-18-8-6-5-7-9-18;/h5-9,17,19H,10-16H2,1-4H3,(H2,21,22,23);1H. The van der Waals surface area contributed by atoms with Crippen LogP contribution in [0, 0.1) is 5.92 Å². The maximum atomic E-state index is 5.71. The Bertz CT molecular complexity index is 532. The summed E-state index contributed by atoms with van der Waals surface area (Å²) in [5.74, 6) is 2.33. The Morgan fingerprint density at radius 2 is 1.78 bits per heavy atom. The second-order valence-electron chi connectivity index (χ2n) is 7.19. The number of halogens is 1. The summed E-state index contributed by atoms with van der Waals surface area (Å²) in [5.41, 5.74) is 0. The van der Waals surface area contributed by atoms with E-state index in [-0.39, 0.29) is 24.0 Å². The summed E-state index contributed by atoms with van der Waals surface area (Å²) >= 11 is 0. The van der Waals surface area contributed by atoms with Gasteiger partial charge in [-0.3, -0.25) is 9.89 Å². The molecule has 6 nitrogen and oxygen atoms in total.